The van der Waals surface area contributed by atoms with Gasteiger partial charge in [0.2, 0.25) is 0 Å². The van der Waals surface area contributed by atoms with Gasteiger partial charge in [-0.05, 0) is 19.5 Å². The van der Waals surface area contributed by atoms with Crippen LogP contribution in [0.15, 0.2) is 12.4 Å². The van der Waals surface area contributed by atoms with Gasteiger partial charge in [-0.2, -0.15) is 0 Å². The minimum Gasteiger partial charge on any atom is -0.350 e. The second-order valence-corrected chi connectivity index (χ2v) is 5.70. The molecule has 6 heteroatoms. The minimum absolute atomic E-state index is 0.000978. The quantitative estimate of drug-likeness (QED) is 0.880. The second-order valence-electron chi connectivity index (χ2n) is 5.31. The van der Waals surface area contributed by atoms with E-state index in [9.17, 15) is 4.79 Å². The summed E-state index contributed by atoms with van der Waals surface area (Å²) in [6.45, 7) is 5.66. The summed E-state index contributed by atoms with van der Waals surface area (Å²) in [4.78, 5) is 21.7. The highest BCUT2D eigenvalue weighted by Gasteiger charge is 2.20. The van der Waals surface area contributed by atoms with Gasteiger partial charge in [-0.15, -0.1) is 0 Å². The summed E-state index contributed by atoms with van der Waals surface area (Å²) < 4.78 is 0. The van der Waals surface area contributed by atoms with E-state index in [0.717, 1.165) is 6.54 Å². The number of hydrogen-bond acceptors (Lipinski definition) is 4. The molecule has 0 atom stereocenters. The fourth-order valence-electron chi connectivity index (χ4n) is 1.75. The van der Waals surface area contributed by atoms with Crippen LogP contribution in [0.1, 0.15) is 24.3 Å². The number of nitrogens with one attached hydrogen (secondary N) is 1. The molecule has 0 fully saturated rings. The lowest BCUT2D eigenvalue weighted by Gasteiger charge is -2.28. The molecule has 0 unspecified atom stereocenters. The lowest BCUT2D eigenvalue weighted by molar-refractivity contribution is 0.0924. The van der Waals surface area contributed by atoms with Crippen LogP contribution in [-0.4, -0.2) is 48.0 Å². The summed E-state index contributed by atoms with van der Waals surface area (Å²) in [5, 5.41) is 3.13. The number of rotatable bonds is 5. The zero-order valence-corrected chi connectivity index (χ0v) is 12.0. The van der Waals surface area contributed by atoms with Gasteiger partial charge in [0, 0.05) is 13.1 Å². The zero-order valence-electron chi connectivity index (χ0n) is 11.2. The van der Waals surface area contributed by atoms with Gasteiger partial charge in [0.1, 0.15) is 10.8 Å². The first-order valence-corrected chi connectivity index (χ1v) is 6.08. The molecule has 1 rings (SSSR count). The number of carbonyl (C=O) groups is 1. The summed E-state index contributed by atoms with van der Waals surface area (Å²) >= 11 is 5.61. The average Bonchev–Trinajstić information content (AvgIpc) is 2.25. The molecule has 0 aliphatic carbocycles. The average molecular weight is 271 g/mol. The third kappa shape index (κ3) is 4.98. The molecular weight excluding hydrogens is 252 g/mol. The van der Waals surface area contributed by atoms with Crippen molar-refractivity contribution < 1.29 is 4.79 Å². The molecule has 0 aliphatic heterocycles. The molecule has 1 aromatic rings. The standard InChI is InChI=1S/C12H19ClN4O/c1-12(2,8-17(3)4)7-16-11(18)9-5-15-10(13)6-14-9/h5-6H,7-8H2,1-4H3,(H,16,18). The van der Waals surface area contributed by atoms with Crippen molar-refractivity contribution in [2.45, 2.75) is 13.8 Å². The van der Waals surface area contributed by atoms with E-state index in [-0.39, 0.29) is 22.2 Å². The lowest BCUT2D eigenvalue weighted by atomic mass is 9.93. The SMILES string of the molecule is CN(C)CC(C)(C)CNC(=O)c1cnc(Cl)cn1. The van der Waals surface area contributed by atoms with Crippen molar-refractivity contribution in [1.82, 2.24) is 20.2 Å². The normalized spacial score (nSPS) is 11.7. The van der Waals surface area contributed by atoms with Crippen molar-refractivity contribution in [3.05, 3.63) is 23.2 Å². The Morgan fingerprint density at radius 2 is 2.06 bits per heavy atom. The zero-order chi connectivity index (χ0) is 13.8. The topological polar surface area (TPSA) is 58.1 Å². The van der Waals surface area contributed by atoms with Gasteiger partial charge < -0.3 is 10.2 Å². The van der Waals surface area contributed by atoms with E-state index in [1.165, 1.54) is 12.4 Å². The van der Waals surface area contributed by atoms with Crippen LogP contribution >= 0.6 is 11.6 Å². The molecule has 100 valence electrons. The molecule has 18 heavy (non-hydrogen) atoms. The highest BCUT2D eigenvalue weighted by Crippen LogP contribution is 2.14. The van der Waals surface area contributed by atoms with Gasteiger partial charge in [-0.3, -0.25) is 4.79 Å². The van der Waals surface area contributed by atoms with Crippen LogP contribution in [0.3, 0.4) is 0 Å². The number of amides is 1. The van der Waals surface area contributed by atoms with E-state index in [1.807, 2.05) is 14.1 Å². The van der Waals surface area contributed by atoms with Crippen LogP contribution in [0.4, 0.5) is 0 Å². The van der Waals surface area contributed by atoms with E-state index < -0.39 is 0 Å². The van der Waals surface area contributed by atoms with E-state index >= 15 is 0 Å². The second kappa shape index (κ2) is 6.11. The Bertz CT molecular complexity index is 403. The van der Waals surface area contributed by atoms with Crippen LogP contribution in [0.5, 0.6) is 0 Å². The van der Waals surface area contributed by atoms with Crippen molar-refractivity contribution in [3.63, 3.8) is 0 Å². The Labute approximate surface area is 113 Å². The van der Waals surface area contributed by atoms with Crippen LogP contribution in [0.2, 0.25) is 5.15 Å². The number of carbonyl (C=O) groups excluding carboxylic acids is 1. The van der Waals surface area contributed by atoms with Crippen LogP contribution in [0.25, 0.3) is 0 Å². The predicted molar refractivity (Wildman–Crippen MR) is 71.7 cm³/mol. The molecule has 0 spiro atoms. The smallest absolute Gasteiger partial charge is 0.271 e. The number of nitrogens with zero attached hydrogens (tertiary/aromatic N) is 3. The van der Waals surface area contributed by atoms with E-state index in [2.05, 4.69) is 34.0 Å². The van der Waals surface area contributed by atoms with Crippen molar-refractivity contribution >= 4 is 17.5 Å². The number of hydrogen-bond donors (Lipinski definition) is 1. The van der Waals surface area contributed by atoms with Gasteiger partial charge in [-0.1, -0.05) is 25.4 Å². The summed E-state index contributed by atoms with van der Waals surface area (Å²) in [5.74, 6) is -0.231. The molecule has 5 nitrogen and oxygen atoms in total. The van der Waals surface area contributed by atoms with Crippen molar-refractivity contribution in [2.24, 2.45) is 5.41 Å². The summed E-state index contributed by atoms with van der Waals surface area (Å²) in [6.07, 6.45) is 2.73. The summed E-state index contributed by atoms with van der Waals surface area (Å²) in [6, 6.07) is 0. The molecule has 1 amide bonds. The lowest BCUT2D eigenvalue weighted by Crippen LogP contribution is -2.40. The molecule has 1 heterocycles. The minimum atomic E-state index is -0.231. The molecule has 1 aromatic heterocycles. The maximum absolute atomic E-state index is 11.8. The molecule has 0 saturated carbocycles. The monoisotopic (exact) mass is 270 g/mol. The van der Waals surface area contributed by atoms with E-state index in [4.69, 9.17) is 11.6 Å². The summed E-state index contributed by atoms with van der Waals surface area (Å²) in [7, 11) is 4.02. The molecule has 1 N–H and O–H groups in total. The molecule has 0 aliphatic rings. The predicted octanol–water partition coefficient (Wildman–Crippen LogP) is 1.45. The summed E-state index contributed by atoms with van der Waals surface area (Å²) in [5.41, 5.74) is 0.277. The van der Waals surface area contributed by atoms with Crippen molar-refractivity contribution in [1.29, 1.82) is 0 Å². The largest absolute Gasteiger partial charge is 0.350 e. The molecule has 0 aromatic carbocycles. The maximum atomic E-state index is 11.8. The maximum Gasteiger partial charge on any atom is 0.271 e. The Kier molecular flexibility index (Phi) is 5.04. The van der Waals surface area contributed by atoms with Gasteiger partial charge in [0.25, 0.3) is 5.91 Å². The van der Waals surface area contributed by atoms with Crippen LogP contribution in [-0.2, 0) is 0 Å². The highest BCUT2D eigenvalue weighted by atomic mass is 35.5. The Hall–Kier alpha value is -1.20. The van der Waals surface area contributed by atoms with Crippen LogP contribution < -0.4 is 5.32 Å². The van der Waals surface area contributed by atoms with E-state index in [0.29, 0.717) is 6.54 Å². The van der Waals surface area contributed by atoms with E-state index in [1.54, 1.807) is 0 Å². The van der Waals surface area contributed by atoms with Crippen molar-refractivity contribution in [2.75, 3.05) is 27.2 Å². The van der Waals surface area contributed by atoms with Gasteiger partial charge in [0.15, 0.2) is 0 Å². The molecule has 0 radical (unpaired) electrons. The molecule has 0 saturated heterocycles. The Balaban J connectivity index is 2.53. The fourth-order valence-corrected chi connectivity index (χ4v) is 1.85. The third-order valence-electron chi connectivity index (χ3n) is 2.32. The first-order valence-electron chi connectivity index (χ1n) is 5.71. The number of aromatic nitrogens is 2. The Morgan fingerprint density at radius 1 is 1.39 bits per heavy atom. The van der Waals surface area contributed by atoms with Crippen molar-refractivity contribution in [3.8, 4) is 0 Å². The fraction of sp³-hybridized carbons (Fsp3) is 0.583. The number of halogens is 1. The Morgan fingerprint density at radius 3 is 2.56 bits per heavy atom. The molecule has 0 bridgehead atoms. The third-order valence-corrected chi connectivity index (χ3v) is 2.52. The molecular formula is C12H19ClN4O. The van der Waals surface area contributed by atoms with Gasteiger partial charge in [0.05, 0.1) is 12.4 Å². The highest BCUT2D eigenvalue weighted by molar-refractivity contribution is 6.29. The first-order chi connectivity index (χ1) is 8.30. The first kappa shape index (κ1) is 14.9. The van der Waals surface area contributed by atoms with Crippen LogP contribution in [0, 0.1) is 5.41 Å². The van der Waals surface area contributed by atoms with Gasteiger partial charge in [-0.25, -0.2) is 9.97 Å². The van der Waals surface area contributed by atoms with Gasteiger partial charge >= 0.3 is 0 Å².